The van der Waals surface area contributed by atoms with Gasteiger partial charge in [-0.25, -0.2) is 4.79 Å². The number of hydrogen-bond donors (Lipinski definition) is 2. The first-order chi connectivity index (χ1) is 9.97. The highest BCUT2D eigenvalue weighted by Crippen LogP contribution is 2.28. The molecule has 0 saturated heterocycles. The first-order valence-electron chi connectivity index (χ1n) is 5.97. The van der Waals surface area contributed by atoms with Gasteiger partial charge in [-0.2, -0.15) is 0 Å². The van der Waals surface area contributed by atoms with Gasteiger partial charge in [-0.1, -0.05) is 28.1 Å². The zero-order chi connectivity index (χ0) is 15.4. The first kappa shape index (κ1) is 15.0. The molecule has 0 aromatic heterocycles. The number of aromatic carboxylic acids is 1. The van der Waals surface area contributed by atoms with E-state index in [-0.39, 0.29) is 11.3 Å². The normalized spacial score (nSPS) is 10.1. The minimum atomic E-state index is -1.01. The number of rotatable bonds is 5. The molecule has 2 N–H and O–H groups in total. The maximum atomic E-state index is 11.0. The van der Waals surface area contributed by atoms with Gasteiger partial charge < -0.3 is 10.4 Å². The van der Waals surface area contributed by atoms with Gasteiger partial charge in [-0.3, -0.25) is 10.1 Å². The van der Waals surface area contributed by atoms with Crippen LogP contribution < -0.4 is 5.32 Å². The Labute approximate surface area is 128 Å². The zero-order valence-electron chi connectivity index (χ0n) is 10.7. The predicted molar refractivity (Wildman–Crippen MR) is 81.5 cm³/mol. The lowest BCUT2D eigenvalue weighted by Crippen LogP contribution is -2.04. The summed E-state index contributed by atoms with van der Waals surface area (Å²) in [5.41, 5.74) is 1.24. The van der Waals surface area contributed by atoms with Gasteiger partial charge in [0, 0.05) is 17.1 Å². The van der Waals surface area contributed by atoms with E-state index in [0.29, 0.717) is 16.7 Å². The maximum absolute atomic E-state index is 11.0. The molecule has 2 aromatic carbocycles. The van der Waals surface area contributed by atoms with E-state index in [1.807, 2.05) is 0 Å². The lowest BCUT2D eigenvalue weighted by atomic mass is 10.1. The Morgan fingerprint density at radius 2 is 2.05 bits per heavy atom. The van der Waals surface area contributed by atoms with E-state index in [9.17, 15) is 14.9 Å². The summed E-state index contributed by atoms with van der Waals surface area (Å²) in [6.07, 6.45) is 0. The number of halogens is 1. The average molecular weight is 351 g/mol. The van der Waals surface area contributed by atoms with E-state index in [1.165, 1.54) is 18.2 Å². The summed E-state index contributed by atoms with van der Waals surface area (Å²) in [7, 11) is 0. The highest BCUT2D eigenvalue weighted by molar-refractivity contribution is 9.10. The molecule has 7 heteroatoms. The summed E-state index contributed by atoms with van der Waals surface area (Å²) in [4.78, 5) is 21.4. The van der Waals surface area contributed by atoms with Crippen LogP contribution in [0.4, 0.5) is 11.4 Å². The van der Waals surface area contributed by atoms with Gasteiger partial charge in [0.2, 0.25) is 0 Å². The van der Waals surface area contributed by atoms with Crippen molar-refractivity contribution in [2.24, 2.45) is 0 Å². The molecule has 2 rings (SSSR count). The van der Waals surface area contributed by atoms with Crippen molar-refractivity contribution in [2.45, 2.75) is 6.54 Å². The summed E-state index contributed by atoms with van der Waals surface area (Å²) in [5, 5.41) is 22.9. The van der Waals surface area contributed by atoms with Crippen LogP contribution in [0.25, 0.3) is 0 Å². The molecule has 2 aromatic rings. The highest BCUT2D eigenvalue weighted by Gasteiger charge is 2.14. The molecule has 0 aliphatic rings. The van der Waals surface area contributed by atoms with Crippen LogP contribution >= 0.6 is 15.9 Å². The van der Waals surface area contributed by atoms with Crippen molar-refractivity contribution in [3.63, 3.8) is 0 Å². The summed E-state index contributed by atoms with van der Waals surface area (Å²) >= 11 is 3.19. The second-order valence-electron chi connectivity index (χ2n) is 4.28. The van der Waals surface area contributed by atoms with E-state index >= 15 is 0 Å². The average Bonchev–Trinajstić information content (AvgIpc) is 2.46. The summed E-state index contributed by atoms with van der Waals surface area (Å²) in [6, 6.07) is 11.1. The minimum absolute atomic E-state index is 0.0428. The van der Waals surface area contributed by atoms with Crippen LogP contribution in [0.1, 0.15) is 15.9 Å². The zero-order valence-corrected chi connectivity index (χ0v) is 12.3. The van der Waals surface area contributed by atoms with E-state index in [1.54, 1.807) is 24.3 Å². The number of carbonyl (C=O) groups is 1. The Morgan fingerprint density at radius 1 is 1.29 bits per heavy atom. The maximum Gasteiger partial charge on any atom is 0.335 e. The fraction of sp³-hybridized carbons (Fsp3) is 0.0714. The van der Waals surface area contributed by atoms with E-state index in [4.69, 9.17) is 5.11 Å². The van der Waals surface area contributed by atoms with E-state index in [2.05, 4.69) is 21.2 Å². The van der Waals surface area contributed by atoms with Crippen molar-refractivity contribution in [1.82, 2.24) is 0 Å². The third kappa shape index (κ3) is 3.79. The van der Waals surface area contributed by atoms with Crippen molar-refractivity contribution in [3.05, 3.63) is 68.2 Å². The number of anilines is 1. The largest absolute Gasteiger partial charge is 0.478 e. The topological polar surface area (TPSA) is 92.5 Å². The van der Waals surface area contributed by atoms with Gasteiger partial charge in [0.15, 0.2) is 0 Å². The third-order valence-corrected chi connectivity index (χ3v) is 3.31. The monoisotopic (exact) mass is 350 g/mol. The standard InChI is InChI=1S/C14H11BrN2O4/c15-11-4-5-12(13(7-11)17(20)21)16-8-9-2-1-3-10(6-9)14(18)19/h1-7,16H,8H2,(H,18,19). The quantitative estimate of drug-likeness (QED) is 0.633. The van der Waals surface area contributed by atoms with Crippen LogP contribution in [-0.2, 0) is 6.54 Å². The molecule has 0 unspecified atom stereocenters. The molecule has 0 aliphatic carbocycles. The lowest BCUT2D eigenvalue weighted by molar-refractivity contribution is -0.384. The molecule has 6 nitrogen and oxygen atoms in total. The van der Waals surface area contributed by atoms with Gasteiger partial charge in [0.1, 0.15) is 5.69 Å². The predicted octanol–water partition coefficient (Wildman–Crippen LogP) is 3.67. The molecule has 0 radical (unpaired) electrons. The molecule has 0 amide bonds. The molecule has 21 heavy (non-hydrogen) atoms. The lowest BCUT2D eigenvalue weighted by Gasteiger charge is -2.08. The van der Waals surface area contributed by atoms with Gasteiger partial charge in [0.25, 0.3) is 5.69 Å². The summed E-state index contributed by atoms with van der Waals surface area (Å²) in [5.74, 6) is -1.01. The van der Waals surface area contributed by atoms with Crippen molar-refractivity contribution in [3.8, 4) is 0 Å². The van der Waals surface area contributed by atoms with Crippen LogP contribution in [0.5, 0.6) is 0 Å². The second-order valence-corrected chi connectivity index (χ2v) is 5.19. The van der Waals surface area contributed by atoms with Crippen molar-refractivity contribution >= 4 is 33.3 Å². The molecule has 0 atom stereocenters. The van der Waals surface area contributed by atoms with Crippen LogP contribution in [0.3, 0.4) is 0 Å². The Morgan fingerprint density at radius 3 is 2.71 bits per heavy atom. The number of nitro groups is 1. The molecule has 0 bridgehead atoms. The number of benzene rings is 2. The molecular weight excluding hydrogens is 340 g/mol. The summed E-state index contributed by atoms with van der Waals surface area (Å²) < 4.78 is 0.618. The van der Waals surface area contributed by atoms with Crippen LogP contribution in [0.2, 0.25) is 0 Å². The number of nitrogens with zero attached hydrogens (tertiary/aromatic N) is 1. The summed E-state index contributed by atoms with van der Waals surface area (Å²) in [6.45, 7) is 0.295. The van der Waals surface area contributed by atoms with Crippen LogP contribution in [-0.4, -0.2) is 16.0 Å². The Hall–Kier alpha value is -2.41. The molecule has 0 saturated carbocycles. The van der Waals surface area contributed by atoms with Crippen molar-refractivity contribution in [2.75, 3.05) is 5.32 Å². The Kier molecular flexibility index (Phi) is 4.54. The molecule has 108 valence electrons. The SMILES string of the molecule is O=C(O)c1cccc(CNc2ccc(Br)cc2[N+](=O)[O-])c1. The molecular formula is C14H11BrN2O4. The molecule has 0 fully saturated rings. The van der Waals surface area contributed by atoms with Gasteiger partial charge >= 0.3 is 5.97 Å². The van der Waals surface area contributed by atoms with Crippen molar-refractivity contribution in [1.29, 1.82) is 0 Å². The Balaban J connectivity index is 2.18. The number of nitrogens with one attached hydrogen (secondary N) is 1. The van der Waals surface area contributed by atoms with Gasteiger partial charge in [0.05, 0.1) is 10.5 Å². The van der Waals surface area contributed by atoms with Crippen molar-refractivity contribution < 1.29 is 14.8 Å². The fourth-order valence-electron chi connectivity index (χ4n) is 1.82. The molecule has 0 spiro atoms. The molecule has 0 heterocycles. The van der Waals surface area contributed by atoms with E-state index < -0.39 is 10.9 Å². The molecule has 0 aliphatic heterocycles. The minimum Gasteiger partial charge on any atom is -0.478 e. The highest BCUT2D eigenvalue weighted by atomic mass is 79.9. The van der Waals surface area contributed by atoms with Gasteiger partial charge in [-0.15, -0.1) is 0 Å². The number of carboxylic acid groups (broad SMARTS) is 1. The van der Waals surface area contributed by atoms with Crippen LogP contribution in [0.15, 0.2) is 46.9 Å². The fourth-order valence-corrected chi connectivity index (χ4v) is 2.17. The van der Waals surface area contributed by atoms with Crippen LogP contribution in [0, 0.1) is 10.1 Å². The Bertz CT molecular complexity index is 703. The number of carboxylic acids is 1. The van der Waals surface area contributed by atoms with Gasteiger partial charge in [-0.05, 0) is 29.8 Å². The smallest absolute Gasteiger partial charge is 0.335 e. The first-order valence-corrected chi connectivity index (χ1v) is 6.76. The second kappa shape index (κ2) is 6.36. The number of hydrogen-bond acceptors (Lipinski definition) is 4. The van der Waals surface area contributed by atoms with E-state index in [0.717, 1.165) is 5.56 Å². The third-order valence-electron chi connectivity index (χ3n) is 2.81. The number of nitro benzene ring substituents is 1.